The summed E-state index contributed by atoms with van der Waals surface area (Å²) in [6.45, 7) is 0. The molecule has 7 aliphatic rings. The van der Waals surface area contributed by atoms with Gasteiger partial charge in [-0.05, 0) is 143 Å². The summed E-state index contributed by atoms with van der Waals surface area (Å²) >= 11 is 0. The molecular weight excluding hydrogens is 923 g/mol. The molecule has 0 atom stereocenters. The van der Waals surface area contributed by atoms with Crippen LogP contribution in [0.2, 0.25) is 0 Å². The Labute approximate surface area is 438 Å². The van der Waals surface area contributed by atoms with E-state index in [1.165, 1.54) is 55.6 Å². The molecule has 0 N–H and O–H groups in total. The second kappa shape index (κ2) is 14.4. The number of benzene rings is 11. The summed E-state index contributed by atoms with van der Waals surface area (Å²) in [5.74, 6) is -0.704. The molecule has 13 aromatic rings. The van der Waals surface area contributed by atoms with E-state index in [1.807, 2.05) is 0 Å². The molecule has 0 fully saturated rings. The van der Waals surface area contributed by atoms with Gasteiger partial charge in [0.05, 0.1) is 33.8 Å². The summed E-state index contributed by atoms with van der Waals surface area (Å²) in [6, 6.07) is 86.5. The molecule has 0 amide bonds. The van der Waals surface area contributed by atoms with Gasteiger partial charge in [0.15, 0.2) is 11.6 Å². The first kappa shape index (κ1) is 41.0. The van der Waals surface area contributed by atoms with Crippen LogP contribution in [0.25, 0.3) is 60.3 Å². The number of hydrogen-bond donors (Lipinski definition) is 0. The van der Waals surface area contributed by atoms with Crippen molar-refractivity contribution in [3.63, 3.8) is 0 Å². The number of carbonyl (C=O) groups excluding carboxylic acids is 2. The molecule has 3 nitrogen and oxygen atoms in total. The van der Waals surface area contributed by atoms with Gasteiger partial charge in [0.2, 0.25) is 0 Å². The largest absolute Gasteiger partial charge is 0.308 e. The zero-order valence-electron chi connectivity index (χ0n) is 41.1. The van der Waals surface area contributed by atoms with Crippen LogP contribution in [0, 0.1) is 0 Å². The number of nitrogens with zero attached hydrogens (tertiary/aromatic N) is 1. The molecule has 20 rings (SSSR count). The Kier molecular flexibility index (Phi) is 7.79. The van der Waals surface area contributed by atoms with Crippen molar-refractivity contribution in [1.82, 2.24) is 4.40 Å². The van der Waals surface area contributed by atoms with Crippen molar-refractivity contribution in [2.75, 3.05) is 0 Å². The smallest absolute Gasteiger partial charge is 0.175 e. The van der Waals surface area contributed by atoms with E-state index in [1.54, 1.807) is 0 Å². The average Bonchev–Trinajstić information content (AvgIpc) is 4.09. The molecule has 4 bridgehead atoms. The fourth-order valence-corrected chi connectivity index (χ4v) is 15.7. The second-order valence-corrected chi connectivity index (χ2v) is 21.9. The summed E-state index contributed by atoms with van der Waals surface area (Å²) in [6.07, 6.45) is 0. The molecular formula is C73H43NO2. The van der Waals surface area contributed by atoms with E-state index in [0.717, 1.165) is 93.7 Å². The van der Waals surface area contributed by atoms with Gasteiger partial charge in [-0.25, -0.2) is 0 Å². The molecule has 0 saturated heterocycles. The van der Waals surface area contributed by atoms with Crippen LogP contribution < -0.4 is 0 Å². The highest BCUT2D eigenvalue weighted by molar-refractivity contribution is 6.26. The van der Waals surface area contributed by atoms with Crippen LogP contribution in [0.3, 0.4) is 0 Å². The third-order valence-electron chi connectivity index (χ3n) is 18.7. The lowest BCUT2D eigenvalue weighted by molar-refractivity contribution is 0.0966. The quantitative estimate of drug-likeness (QED) is 0.177. The minimum Gasteiger partial charge on any atom is -0.308 e. The first-order valence-corrected chi connectivity index (χ1v) is 26.7. The van der Waals surface area contributed by atoms with Gasteiger partial charge in [-0.3, -0.25) is 9.59 Å². The Balaban J connectivity index is 0.956. The summed E-state index contributed by atoms with van der Waals surface area (Å²) in [5.41, 5.74) is 25.2. The van der Waals surface area contributed by atoms with Crippen LogP contribution >= 0.6 is 0 Å². The van der Waals surface area contributed by atoms with Crippen LogP contribution in [0.4, 0.5) is 0 Å². The van der Waals surface area contributed by atoms with Gasteiger partial charge in [0.1, 0.15) is 0 Å². The lowest BCUT2D eigenvalue weighted by Gasteiger charge is -2.34. The second-order valence-electron chi connectivity index (χ2n) is 21.9. The van der Waals surface area contributed by atoms with Gasteiger partial charge in [0, 0.05) is 44.5 Å². The van der Waals surface area contributed by atoms with E-state index in [2.05, 4.69) is 241 Å². The Morgan fingerprint density at radius 3 is 1.14 bits per heavy atom. The molecule has 0 saturated carbocycles. The van der Waals surface area contributed by atoms with E-state index >= 15 is 9.59 Å². The number of ketones is 2. The Hall–Kier alpha value is -9.44. The number of fused-ring (bicyclic) bond motifs is 9. The molecule has 2 aromatic heterocycles. The number of Topliss-reactive ketones (excluding diaryl/α,β-unsaturated/α-hetero) is 2. The maximum absolute atomic E-state index is 15.5. The molecule has 0 radical (unpaired) electrons. The Bertz CT molecular complexity index is 4430. The normalized spacial score (nSPS) is 18.7. The maximum atomic E-state index is 15.5. The monoisotopic (exact) mass is 965 g/mol. The van der Waals surface area contributed by atoms with Gasteiger partial charge < -0.3 is 4.40 Å². The van der Waals surface area contributed by atoms with Crippen molar-refractivity contribution < 1.29 is 9.59 Å². The number of aromatic nitrogens is 1. The SMILES string of the molecule is O=C1c2cc3c(cc2C2c4ccccc4C1c1ccccc12)c1cc(-c2ccc4c(c2)C(c2ccccc2)(c2ccccc2)c2ccccc2-4)cc2c4cc5c(cc4n3c12)C(=O)C1c2ccccc2C5c2ccccc21. The van der Waals surface area contributed by atoms with Gasteiger partial charge in [0.25, 0.3) is 0 Å². The van der Waals surface area contributed by atoms with Crippen molar-refractivity contribution in [3.8, 4) is 22.3 Å². The standard InChI is InChI=1S/C73H43NO2/c75-71-60-38-64-54(36-56(60)66-46-22-7-11-26-50(46)68(71)51-27-12-8-23-47(51)66)58-33-41(40-31-32-45-44-21-15-16-30-62(44)73(63(45)35-40,42-17-3-1-4-18-42)43-19-5-2-6-20-43)34-59-55-37-57-61(39-65(55)74(64)70(58)59)72(76)69-52-28-13-9-24-48(52)67(57)49-25-10-14-29-53(49)69/h1-39,66-69H. The lowest BCUT2D eigenvalue weighted by Crippen LogP contribution is -2.28. The molecule has 76 heavy (non-hydrogen) atoms. The van der Waals surface area contributed by atoms with Crippen molar-refractivity contribution in [1.29, 1.82) is 0 Å². The van der Waals surface area contributed by atoms with Crippen LogP contribution in [-0.4, -0.2) is 16.0 Å². The molecule has 0 unspecified atom stereocenters. The average molecular weight is 966 g/mol. The summed E-state index contributed by atoms with van der Waals surface area (Å²) < 4.78 is 2.40. The van der Waals surface area contributed by atoms with Crippen molar-refractivity contribution in [2.45, 2.75) is 29.1 Å². The lowest BCUT2D eigenvalue weighted by atomic mass is 9.67. The molecule has 0 aliphatic heterocycles. The number of rotatable bonds is 3. The van der Waals surface area contributed by atoms with Gasteiger partial charge in [-0.15, -0.1) is 0 Å². The number of hydrogen-bond acceptors (Lipinski definition) is 2. The van der Waals surface area contributed by atoms with Crippen LogP contribution in [0.5, 0.6) is 0 Å². The highest BCUT2D eigenvalue weighted by atomic mass is 16.1. The highest BCUT2D eigenvalue weighted by Crippen LogP contribution is 2.59. The zero-order chi connectivity index (χ0) is 49.7. The van der Waals surface area contributed by atoms with Crippen LogP contribution in [0.15, 0.2) is 237 Å². The predicted octanol–water partition coefficient (Wildman–Crippen LogP) is 16.5. The molecule has 3 heteroatoms. The Morgan fingerprint density at radius 1 is 0.289 bits per heavy atom. The first-order chi connectivity index (χ1) is 37.6. The fraction of sp³-hybridized carbons (Fsp3) is 0.0685. The van der Waals surface area contributed by atoms with E-state index in [0.29, 0.717) is 0 Å². The summed E-state index contributed by atoms with van der Waals surface area (Å²) in [5, 5.41) is 4.48. The molecule has 2 heterocycles. The van der Waals surface area contributed by atoms with Gasteiger partial charge >= 0.3 is 0 Å². The number of carbonyl (C=O) groups is 2. The fourth-order valence-electron chi connectivity index (χ4n) is 15.7. The van der Waals surface area contributed by atoms with E-state index < -0.39 is 17.3 Å². The minimum atomic E-state index is -0.556. The van der Waals surface area contributed by atoms with E-state index in [-0.39, 0.29) is 23.4 Å². The molecule has 352 valence electrons. The molecule has 11 aromatic carbocycles. The van der Waals surface area contributed by atoms with Crippen molar-refractivity contribution in [3.05, 3.63) is 326 Å². The van der Waals surface area contributed by atoms with Gasteiger partial charge in [-0.1, -0.05) is 194 Å². The molecule has 7 aliphatic carbocycles. The van der Waals surface area contributed by atoms with Gasteiger partial charge in [-0.2, -0.15) is 0 Å². The Morgan fingerprint density at radius 2 is 0.684 bits per heavy atom. The van der Waals surface area contributed by atoms with Crippen molar-refractivity contribution in [2.24, 2.45) is 0 Å². The maximum Gasteiger partial charge on any atom is 0.175 e. The third-order valence-corrected chi connectivity index (χ3v) is 18.7. The topological polar surface area (TPSA) is 38.5 Å². The van der Waals surface area contributed by atoms with Crippen LogP contribution in [0.1, 0.15) is 122 Å². The van der Waals surface area contributed by atoms with Crippen molar-refractivity contribution >= 4 is 49.7 Å². The van der Waals surface area contributed by atoms with Crippen LogP contribution in [-0.2, 0) is 5.41 Å². The minimum absolute atomic E-state index is 0.0969. The molecule has 0 spiro atoms. The third kappa shape index (κ3) is 4.91. The first-order valence-electron chi connectivity index (χ1n) is 26.7. The van der Waals surface area contributed by atoms with E-state index in [9.17, 15) is 0 Å². The highest BCUT2D eigenvalue weighted by Gasteiger charge is 2.48. The van der Waals surface area contributed by atoms with E-state index in [4.69, 9.17) is 0 Å². The predicted molar refractivity (Wildman–Crippen MR) is 304 cm³/mol. The zero-order valence-corrected chi connectivity index (χ0v) is 41.1. The summed E-state index contributed by atoms with van der Waals surface area (Å²) in [4.78, 5) is 31.0. The summed E-state index contributed by atoms with van der Waals surface area (Å²) in [7, 11) is 0.